The van der Waals surface area contributed by atoms with Crippen molar-refractivity contribution in [2.24, 2.45) is 0 Å². The Bertz CT molecular complexity index is 817. The summed E-state index contributed by atoms with van der Waals surface area (Å²) < 4.78 is 9.55. The lowest BCUT2D eigenvalue weighted by Gasteiger charge is -2.33. The number of benzene rings is 2. The Morgan fingerprint density at radius 3 is 2.27 bits per heavy atom. The minimum atomic E-state index is -0.361. The summed E-state index contributed by atoms with van der Waals surface area (Å²) in [5.74, 6) is -0.715. The molecule has 0 fully saturated rings. The van der Waals surface area contributed by atoms with Crippen LogP contribution in [0.25, 0.3) is 0 Å². The number of ether oxygens (including phenoxy) is 2. The molecule has 2 aromatic carbocycles. The van der Waals surface area contributed by atoms with Crippen LogP contribution in [0.1, 0.15) is 45.7 Å². The van der Waals surface area contributed by atoms with E-state index in [-0.39, 0.29) is 18.0 Å². The van der Waals surface area contributed by atoms with Crippen molar-refractivity contribution in [3.63, 3.8) is 0 Å². The van der Waals surface area contributed by atoms with Crippen LogP contribution in [0.3, 0.4) is 0 Å². The molecule has 1 aliphatic rings. The molecule has 1 aliphatic heterocycles. The van der Waals surface area contributed by atoms with E-state index in [2.05, 4.69) is 17.6 Å². The SMILES string of the molecule is COC(=O)c1ccc(NC2CC(C)Nc3ccc(C(=O)OC)cc32)cc1. The van der Waals surface area contributed by atoms with Crippen LogP contribution in [-0.2, 0) is 9.47 Å². The van der Waals surface area contributed by atoms with E-state index in [1.807, 2.05) is 24.3 Å². The van der Waals surface area contributed by atoms with E-state index in [1.165, 1.54) is 14.2 Å². The van der Waals surface area contributed by atoms with Crippen LogP contribution in [0.2, 0.25) is 0 Å². The minimum absolute atomic E-state index is 0.0369. The van der Waals surface area contributed by atoms with Gasteiger partial charge in [0.1, 0.15) is 0 Å². The minimum Gasteiger partial charge on any atom is -0.465 e. The van der Waals surface area contributed by atoms with E-state index >= 15 is 0 Å². The second-order valence-corrected chi connectivity index (χ2v) is 6.34. The molecule has 2 N–H and O–H groups in total. The van der Waals surface area contributed by atoms with Gasteiger partial charge in [-0.25, -0.2) is 9.59 Å². The highest BCUT2D eigenvalue weighted by Gasteiger charge is 2.25. The lowest BCUT2D eigenvalue weighted by Crippen LogP contribution is -2.29. The first kappa shape index (κ1) is 17.8. The second-order valence-electron chi connectivity index (χ2n) is 6.34. The highest BCUT2D eigenvalue weighted by atomic mass is 16.5. The number of rotatable bonds is 4. The second kappa shape index (κ2) is 7.47. The Hall–Kier alpha value is -3.02. The zero-order chi connectivity index (χ0) is 18.7. The highest BCUT2D eigenvalue weighted by Crippen LogP contribution is 2.35. The number of methoxy groups -OCH3 is 2. The average molecular weight is 354 g/mol. The van der Waals surface area contributed by atoms with Crippen molar-refractivity contribution >= 4 is 23.3 Å². The van der Waals surface area contributed by atoms with Crippen molar-refractivity contribution in [2.45, 2.75) is 25.4 Å². The van der Waals surface area contributed by atoms with Crippen molar-refractivity contribution in [1.82, 2.24) is 0 Å². The van der Waals surface area contributed by atoms with Crippen LogP contribution in [0.15, 0.2) is 42.5 Å². The van der Waals surface area contributed by atoms with Crippen LogP contribution in [0.4, 0.5) is 11.4 Å². The third-order valence-electron chi connectivity index (χ3n) is 4.49. The summed E-state index contributed by atoms with van der Waals surface area (Å²) in [5, 5.41) is 6.93. The fraction of sp³-hybridized carbons (Fsp3) is 0.300. The number of esters is 2. The van der Waals surface area contributed by atoms with Crippen molar-refractivity contribution in [3.8, 4) is 0 Å². The van der Waals surface area contributed by atoms with Crippen LogP contribution >= 0.6 is 0 Å². The molecule has 2 aromatic rings. The zero-order valence-electron chi connectivity index (χ0n) is 15.0. The zero-order valence-corrected chi connectivity index (χ0v) is 15.0. The third kappa shape index (κ3) is 3.64. The molecule has 0 radical (unpaired) electrons. The third-order valence-corrected chi connectivity index (χ3v) is 4.49. The lowest BCUT2D eigenvalue weighted by atomic mass is 9.92. The van der Waals surface area contributed by atoms with E-state index in [4.69, 9.17) is 9.47 Å². The Balaban J connectivity index is 1.86. The van der Waals surface area contributed by atoms with E-state index < -0.39 is 0 Å². The molecular weight excluding hydrogens is 332 g/mol. The maximum atomic E-state index is 11.9. The van der Waals surface area contributed by atoms with Gasteiger partial charge in [-0.15, -0.1) is 0 Å². The molecule has 1 heterocycles. The standard InChI is InChI=1S/C20H22N2O4/c1-12-10-18(22-15-7-4-13(5-8-15)19(23)25-2)16-11-14(20(24)26-3)6-9-17(16)21-12/h4-9,11-12,18,21-22H,10H2,1-3H3. The maximum absolute atomic E-state index is 11.9. The van der Waals surface area contributed by atoms with Crippen molar-refractivity contribution in [3.05, 3.63) is 59.2 Å². The van der Waals surface area contributed by atoms with Gasteiger partial charge in [0.2, 0.25) is 0 Å². The maximum Gasteiger partial charge on any atom is 0.337 e. The monoisotopic (exact) mass is 354 g/mol. The van der Waals surface area contributed by atoms with E-state index in [0.29, 0.717) is 17.2 Å². The Kier molecular flexibility index (Phi) is 5.11. The number of fused-ring (bicyclic) bond motifs is 1. The molecule has 6 heteroatoms. The molecular formula is C20H22N2O4. The van der Waals surface area contributed by atoms with Crippen molar-refractivity contribution < 1.29 is 19.1 Å². The van der Waals surface area contributed by atoms with Gasteiger partial charge in [0.15, 0.2) is 0 Å². The summed E-state index contributed by atoms with van der Waals surface area (Å²) in [6.45, 7) is 2.12. The van der Waals surface area contributed by atoms with Crippen molar-refractivity contribution in [2.75, 3.05) is 24.9 Å². The Labute approximate surface area is 152 Å². The summed E-state index contributed by atoms with van der Waals surface area (Å²) in [7, 11) is 2.74. The van der Waals surface area contributed by atoms with Crippen LogP contribution in [0.5, 0.6) is 0 Å². The van der Waals surface area contributed by atoms with Gasteiger partial charge in [-0.2, -0.15) is 0 Å². The summed E-state index contributed by atoms with van der Waals surface area (Å²) in [5.41, 5.74) is 3.94. The van der Waals surface area contributed by atoms with Gasteiger partial charge in [0, 0.05) is 17.4 Å². The predicted octanol–water partition coefficient (Wildman–Crippen LogP) is 3.62. The van der Waals surface area contributed by atoms with Gasteiger partial charge < -0.3 is 20.1 Å². The largest absolute Gasteiger partial charge is 0.465 e. The highest BCUT2D eigenvalue weighted by molar-refractivity contribution is 5.91. The fourth-order valence-corrected chi connectivity index (χ4v) is 3.19. The number of nitrogens with one attached hydrogen (secondary N) is 2. The van der Waals surface area contributed by atoms with Crippen LogP contribution < -0.4 is 10.6 Å². The van der Waals surface area contributed by atoms with Crippen molar-refractivity contribution in [1.29, 1.82) is 0 Å². The fourth-order valence-electron chi connectivity index (χ4n) is 3.19. The van der Waals surface area contributed by atoms with Gasteiger partial charge in [-0.05, 0) is 61.4 Å². The smallest absolute Gasteiger partial charge is 0.337 e. The Morgan fingerprint density at radius 1 is 1.00 bits per heavy atom. The molecule has 0 saturated heterocycles. The normalized spacial score (nSPS) is 18.3. The molecule has 136 valence electrons. The quantitative estimate of drug-likeness (QED) is 0.817. The molecule has 6 nitrogen and oxygen atoms in total. The van der Waals surface area contributed by atoms with Gasteiger partial charge >= 0.3 is 11.9 Å². The van der Waals surface area contributed by atoms with Crippen LogP contribution in [0, 0.1) is 0 Å². The van der Waals surface area contributed by atoms with Gasteiger partial charge in [-0.1, -0.05) is 0 Å². The molecule has 2 unspecified atom stereocenters. The molecule has 0 aromatic heterocycles. The van der Waals surface area contributed by atoms with Gasteiger partial charge in [0.05, 0.1) is 31.4 Å². The predicted molar refractivity (Wildman–Crippen MR) is 99.6 cm³/mol. The first-order valence-corrected chi connectivity index (χ1v) is 8.45. The number of carbonyl (C=O) groups excluding carboxylic acids is 2. The number of carbonyl (C=O) groups is 2. The number of hydrogen-bond acceptors (Lipinski definition) is 6. The molecule has 0 amide bonds. The topological polar surface area (TPSA) is 76.7 Å². The molecule has 26 heavy (non-hydrogen) atoms. The first-order valence-electron chi connectivity index (χ1n) is 8.45. The average Bonchev–Trinajstić information content (AvgIpc) is 2.67. The first-order chi connectivity index (χ1) is 12.5. The Morgan fingerprint density at radius 2 is 1.62 bits per heavy atom. The molecule has 0 spiro atoms. The van der Waals surface area contributed by atoms with Crippen LogP contribution in [-0.4, -0.2) is 32.2 Å². The molecule has 2 atom stereocenters. The lowest BCUT2D eigenvalue weighted by molar-refractivity contribution is 0.0592. The summed E-state index contributed by atoms with van der Waals surface area (Å²) >= 11 is 0. The molecule has 3 rings (SSSR count). The molecule has 0 saturated carbocycles. The summed E-state index contributed by atoms with van der Waals surface area (Å²) in [6.07, 6.45) is 0.858. The van der Waals surface area contributed by atoms with E-state index in [1.54, 1.807) is 18.2 Å². The van der Waals surface area contributed by atoms with E-state index in [0.717, 1.165) is 23.4 Å². The molecule has 0 aliphatic carbocycles. The number of anilines is 2. The summed E-state index contributed by atoms with van der Waals surface area (Å²) in [6, 6.07) is 13.0. The van der Waals surface area contributed by atoms with E-state index in [9.17, 15) is 9.59 Å². The molecule has 0 bridgehead atoms. The van der Waals surface area contributed by atoms with Gasteiger partial charge in [0.25, 0.3) is 0 Å². The van der Waals surface area contributed by atoms with Gasteiger partial charge in [-0.3, -0.25) is 0 Å². The number of hydrogen-bond donors (Lipinski definition) is 2. The summed E-state index contributed by atoms with van der Waals surface area (Å²) in [4.78, 5) is 23.4.